The van der Waals surface area contributed by atoms with Crippen LogP contribution in [0.3, 0.4) is 0 Å². The van der Waals surface area contributed by atoms with Crippen molar-refractivity contribution in [2.24, 2.45) is 0 Å². The van der Waals surface area contributed by atoms with Crippen LogP contribution in [0.5, 0.6) is 0 Å². The molecule has 0 aliphatic heterocycles. The molecule has 1 aliphatic rings. The lowest BCUT2D eigenvalue weighted by atomic mass is 9.79. The van der Waals surface area contributed by atoms with Gasteiger partial charge in [-0.25, -0.2) is 14.1 Å². The van der Waals surface area contributed by atoms with Gasteiger partial charge in [-0.3, -0.25) is 4.79 Å². The van der Waals surface area contributed by atoms with Gasteiger partial charge in [-0.2, -0.15) is 13.2 Å². The number of hydrogen-bond donors (Lipinski definition) is 1. The summed E-state index contributed by atoms with van der Waals surface area (Å²) in [7, 11) is 0. The van der Waals surface area contributed by atoms with Crippen LogP contribution in [0.25, 0.3) is 11.0 Å². The molecule has 0 unspecified atom stereocenters. The van der Waals surface area contributed by atoms with Crippen molar-refractivity contribution in [3.63, 3.8) is 0 Å². The maximum absolute atomic E-state index is 13.5. The summed E-state index contributed by atoms with van der Waals surface area (Å²) in [6.07, 6.45) is -4.22. The number of nitrogens with zero attached hydrogens (tertiary/aromatic N) is 2. The van der Waals surface area contributed by atoms with Crippen molar-refractivity contribution < 1.29 is 17.6 Å². The summed E-state index contributed by atoms with van der Waals surface area (Å²) in [4.78, 5) is 15.5. The van der Waals surface area contributed by atoms with Crippen molar-refractivity contribution in [2.45, 2.75) is 37.7 Å². The van der Waals surface area contributed by atoms with Crippen LogP contribution in [0, 0.1) is 0 Å². The summed E-state index contributed by atoms with van der Waals surface area (Å²) in [6, 6.07) is 4.44. The number of aromatic nitrogens is 2. The highest BCUT2D eigenvalue weighted by molar-refractivity contribution is 5.75. The molecule has 3 rings (SSSR count). The van der Waals surface area contributed by atoms with E-state index in [0.29, 0.717) is 5.39 Å². The zero-order valence-electron chi connectivity index (χ0n) is 11.6. The molecule has 2 aromatic heterocycles. The fourth-order valence-corrected chi connectivity index (χ4v) is 2.63. The van der Waals surface area contributed by atoms with E-state index in [2.05, 4.69) is 10.4 Å². The Kier molecular flexibility index (Phi) is 3.15. The van der Waals surface area contributed by atoms with E-state index in [0.717, 1.165) is 10.7 Å². The lowest BCUT2D eigenvalue weighted by Gasteiger charge is -2.39. The fourth-order valence-electron chi connectivity index (χ4n) is 2.63. The molecule has 2 heterocycles. The molecular formula is C14H13F4N3O. The standard InChI is InChI=1S/C14H13F4N3O/c1-13(15)6-9(7-13)20-21-11(22)5-3-8-2-4-10(14(16,17)18)19-12(8)21/h2-5,9,20H,6-7H2,1H3. The minimum absolute atomic E-state index is 0.116. The monoisotopic (exact) mass is 315 g/mol. The fraction of sp³-hybridized carbons (Fsp3) is 0.429. The molecule has 0 atom stereocenters. The number of pyridine rings is 2. The lowest BCUT2D eigenvalue weighted by Crippen LogP contribution is -2.50. The summed E-state index contributed by atoms with van der Waals surface area (Å²) in [5.74, 6) is 0. The largest absolute Gasteiger partial charge is 0.433 e. The van der Waals surface area contributed by atoms with Crippen LogP contribution < -0.4 is 11.0 Å². The summed E-state index contributed by atoms with van der Waals surface area (Å²) in [5, 5.41) is 0.391. The van der Waals surface area contributed by atoms with Gasteiger partial charge in [0.2, 0.25) is 0 Å². The van der Waals surface area contributed by atoms with E-state index < -0.39 is 23.1 Å². The maximum atomic E-state index is 13.5. The van der Waals surface area contributed by atoms with Gasteiger partial charge in [0.1, 0.15) is 11.4 Å². The second-order valence-corrected chi connectivity index (χ2v) is 5.76. The number of rotatable bonds is 2. The zero-order chi connectivity index (χ0) is 16.1. The number of alkyl halides is 4. The van der Waals surface area contributed by atoms with Gasteiger partial charge in [0.05, 0.1) is 0 Å². The molecule has 1 N–H and O–H groups in total. The first-order valence-electron chi connectivity index (χ1n) is 6.71. The Morgan fingerprint density at radius 2 is 1.91 bits per heavy atom. The third-order valence-corrected chi connectivity index (χ3v) is 3.69. The maximum Gasteiger partial charge on any atom is 0.433 e. The van der Waals surface area contributed by atoms with Crippen LogP contribution in [-0.2, 0) is 6.18 Å². The zero-order valence-corrected chi connectivity index (χ0v) is 11.6. The molecule has 0 spiro atoms. The van der Waals surface area contributed by atoms with Gasteiger partial charge in [0.15, 0.2) is 5.65 Å². The summed E-state index contributed by atoms with van der Waals surface area (Å²) >= 11 is 0. The first-order valence-corrected chi connectivity index (χ1v) is 6.71. The van der Waals surface area contributed by atoms with Crippen molar-refractivity contribution in [3.05, 3.63) is 40.3 Å². The molecule has 22 heavy (non-hydrogen) atoms. The third kappa shape index (κ3) is 2.65. The summed E-state index contributed by atoms with van der Waals surface area (Å²) in [5.41, 5.74) is -0.281. The van der Waals surface area contributed by atoms with Crippen molar-refractivity contribution in [3.8, 4) is 0 Å². The number of fused-ring (bicyclic) bond motifs is 1. The molecule has 4 nitrogen and oxygen atoms in total. The number of hydrogen-bond acceptors (Lipinski definition) is 3. The molecule has 1 aliphatic carbocycles. The lowest BCUT2D eigenvalue weighted by molar-refractivity contribution is -0.141. The Labute approximate surface area is 122 Å². The van der Waals surface area contributed by atoms with Gasteiger partial charge in [0.25, 0.3) is 5.56 Å². The average molecular weight is 315 g/mol. The van der Waals surface area contributed by atoms with Gasteiger partial charge >= 0.3 is 6.18 Å². The molecule has 118 valence electrons. The van der Waals surface area contributed by atoms with E-state index in [-0.39, 0.29) is 24.5 Å². The predicted molar refractivity (Wildman–Crippen MR) is 72.9 cm³/mol. The van der Waals surface area contributed by atoms with E-state index in [1.54, 1.807) is 0 Å². The molecular weight excluding hydrogens is 302 g/mol. The normalized spacial score (nSPS) is 25.0. The molecule has 0 amide bonds. The van der Waals surface area contributed by atoms with Crippen molar-refractivity contribution in [1.29, 1.82) is 0 Å². The average Bonchev–Trinajstić information content (AvgIpc) is 2.38. The van der Waals surface area contributed by atoms with Gasteiger partial charge in [-0.15, -0.1) is 0 Å². The Bertz CT molecular complexity index is 774. The molecule has 2 aromatic rings. The van der Waals surface area contributed by atoms with Crippen LogP contribution in [0.1, 0.15) is 25.5 Å². The van der Waals surface area contributed by atoms with Crippen LogP contribution in [0.15, 0.2) is 29.1 Å². The van der Waals surface area contributed by atoms with Crippen molar-refractivity contribution in [2.75, 3.05) is 5.43 Å². The molecule has 0 aromatic carbocycles. The molecule has 1 saturated carbocycles. The van der Waals surface area contributed by atoms with Gasteiger partial charge < -0.3 is 5.43 Å². The van der Waals surface area contributed by atoms with Crippen molar-refractivity contribution >= 4 is 11.0 Å². The minimum Gasteiger partial charge on any atom is -0.318 e. The molecule has 1 fully saturated rings. The highest BCUT2D eigenvalue weighted by Crippen LogP contribution is 2.36. The highest BCUT2D eigenvalue weighted by atomic mass is 19.4. The molecule has 8 heteroatoms. The molecule has 0 radical (unpaired) electrons. The second-order valence-electron chi connectivity index (χ2n) is 5.76. The molecule has 0 bridgehead atoms. The Morgan fingerprint density at radius 1 is 1.27 bits per heavy atom. The van der Waals surface area contributed by atoms with Crippen molar-refractivity contribution in [1.82, 2.24) is 9.66 Å². The van der Waals surface area contributed by atoms with E-state index in [1.807, 2.05) is 0 Å². The van der Waals surface area contributed by atoms with Crippen LogP contribution in [-0.4, -0.2) is 21.4 Å². The smallest absolute Gasteiger partial charge is 0.318 e. The SMILES string of the molecule is CC1(F)CC(Nn2c(=O)ccc3ccc(C(F)(F)F)nc32)C1. The van der Waals surface area contributed by atoms with Gasteiger partial charge in [-0.1, -0.05) is 0 Å². The summed E-state index contributed by atoms with van der Waals surface area (Å²) in [6.45, 7) is 1.44. The Hall–Kier alpha value is -2.12. The number of halogens is 4. The number of nitrogens with one attached hydrogen (secondary N) is 1. The van der Waals surface area contributed by atoms with E-state index >= 15 is 0 Å². The second kappa shape index (κ2) is 4.69. The van der Waals surface area contributed by atoms with Crippen LogP contribution >= 0.6 is 0 Å². The topological polar surface area (TPSA) is 46.9 Å². The van der Waals surface area contributed by atoms with E-state index in [9.17, 15) is 22.4 Å². The van der Waals surface area contributed by atoms with Crippen LogP contribution in [0.2, 0.25) is 0 Å². The Balaban J connectivity index is 2.04. The van der Waals surface area contributed by atoms with E-state index in [4.69, 9.17) is 0 Å². The first-order chi connectivity index (χ1) is 10.2. The third-order valence-electron chi connectivity index (χ3n) is 3.69. The predicted octanol–water partition coefficient (Wildman–Crippen LogP) is 2.85. The minimum atomic E-state index is -4.60. The first kappa shape index (κ1) is 14.8. The highest BCUT2D eigenvalue weighted by Gasteiger charge is 2.41. The summed E-state index contributed by atoms with van der Waals surface area (Å²) < 4.78 is 52.8. The van der Waals surface area contributed by atoms with Crippen LogP contribution in [0.4, 0.5) is 17.6 Å². The quantitative estimate of drug-likeness (QED) is 0.867. The Morgan fingerprint density at radius 3 is 2.50 bits per heavy atom. The molecule has 0 saturated heterocycles. The van der Waals surface area contributed by atoms with Gasteiger partial charge in [0, 0.05) is 30.3 Å². The van der Waals surface area contributed by atoms with E-state index in [1.165, 1.54) is 25.1 Å². The van der Waals surface area contributed by atoms with Gasteiger partial charge in [-0.05, 0) is 25.1 Å².